The van der Waals surface area contributed by atoms with Gasteiger partial charge in [-0.25, -0.2) is 14.2 Å². The molecule has 3 heterocycles. The van der Waals surface area contributed by atoms with Crippen LogP contribution in [0.3, 0.4) is 0 Å². The molecule has 0 bridgehead atoms. The number of amides is 2. The minimum atomic E-state index is -5.04. The summed E-state index contributed by atoms with van der Waals surface area (Å²) < 4.78 is 71.3. The Bertz CT molecular complexity index is 1780. The van der Waals surface area contributed by atoms with Crippen molar-refractivity contribution in [3.05, 3.63) is 52.8 Å². The van der Waals surface area contributed by atoms with Gasteiger partial charge >= 0.3 is 12.5 Å². The van der Waals surface area contributed by atoms with E-state index < -0.39 is 46.6 Å². The average molecular weight is 677 g/mol. The Balaban J connectivity index is 1.26. The number of benzene rings is 2. The molecule has 16 heteroatoms. The van der Waals surface area contributed by atoms with Crippen LogP contribution in [0.5, 0.6) is 5.75 Å². The predicted octanol–water partition coefficient (Wildman–Crippen LogP) is 4.33. The fraction of sp³-hybridized carbons (Fsp3) is 0.500. The minimum absolute atomic E-state index is 0.0631. The molecule has 2 aromatic carbocycles. The summed E-state index contributed by atoms with van der Waals surface area (Å²) in [5, 5.41) is 5.32. The standard InChI is InChI=1S/C32H36F4N6O6/c1-30(2,3)48-29(45)38-19-6-9-40(17-19)25-16-23-21(15-22(25)33)27(43)42(18-37-23)20-4-5-26(47-32(34,35)36)24(14-20)39-28(44)31(7-8-31)41-10-12-46-13-11-41/h4-5,14-16,18-19H,6-13,17H2,1-3H3,(H,38,45)(H,39,44)/t19-/m0/s1. The number of hydrogen-bond acceptors (Lipinski definition) is 9. The zero-order valence-electron chi connectivity index (χ0n) is 26.7. The summed E-state index contributed by atoms with van der Waals surface area (Å²) in [6.45, 7) is 7.92. The number of anilines is 2. The van der Waals surface area contributed by atoms with Gasteiger partial charge in [-0.1, -0.05) is 0 Å². The van der Waals surface area contributed by atoms with Crippen molar-refractivity contribution in [2.45, 2.75) is 63.6 Å². The normalized spacial score (nSPS) is 19.6. The molecule has 3 aromatic rings. The summed E-state index contributed by atoms with van der Waals surface area (Å²) in [5.74, 6) is -1.82. The van der Waals surface area contributed by atoms with Gasteiger partial charge in [-0.05, 0) is 70.4 Å². The van der Waals surface area contributed by atoms with Gasteiger partial charge in [0, 0.05) is 26.2 Å². The highest BCUT2D eigenvalue weighted by Gasteiger charge is 2.54. The highest BCUT2D eigenvalue weighted by molar-refractivity contribution is 6.01. The van der Waals surface area contributed by atoms with Crippen molar-refractivity contribution < 1.29 is 41.4 Å². The number of rotatable bonds is 7. The molecule has 2 aliphatic heterocycles. The molecule has 258 valence electrons. The predicted molar refractivity (Wildman–Crippen MR) is 167 cm³/mol. The Morgan fingerprint density at radius 1 is 1.06 bits per heavy atom. The number of alkyl halides is 3. The maximum absolute atomic E-state index is 15.5. The number of alkyl carbamates (subject to hydrolysis) is 1. The van der Waals surface area contributed by atoms with Crippen molar-refractivity contribution in [3.63, 3.8) is 0 Å². The lowest BCUT2D eigenvalue weighted by molar-refractivity contribution is -0.274. The summed E-state index contributed by atoms with van der Waals surface area (Å²) in [6.07, 6.45) is -2.81. The third-order valence-electron chi connectivity index (χ3n) is 8.55. The van der Waals surface area contributed by atoms with Crippen LogP contribution in [0.4, 0.5) is 33.7 Å². The van der Waals surface area contributed by atoms with Gasteiger partial charge in [0.05, 0.1) is 47.2 Å². The number of carbonyl (C=O) groups excluding carboxylic acids is 2. The first-order valence-electron chi connectivity index (χ1n) is 15.6. The highest BCUT2D eigenvalue weighted by atomic mass is 19.4. The second kappa shape index (κ2) is 12.5. The first-order valence-corrected chi connectivity index (χ1v) is 15.6. The van der Waals surface area contributed by atoms with Crippen LogP contribution in [-0.2, 0) is 14.3 Å². The quantitative estimate of drug-likeness (QED) is 0.352. The van der Waals surface area contributed by atoms with Crippen molar-refractivity contribution >= 4 is 34.3 Å². The lowest BCUT2D eigenvalue weighted by atomic mass is 10.1. The van der Waals surface area contributed by atoms with E-state index in [-0.39, 0.29) is 34.0 Å². The molecule has 2 N–H and O–H groups in total. The van der Waals surface area contributed by atoms with Crippen molar-refractivity contribution in [3.8, 4) is 11.4 Å². The lowest BCUT2D eigenvalue weighted by Crippen LogP contribution is -2.51. The van der Waals surface area contributed by atoms with Gasteiger partial charge in [-0.2, -0.15) is 0 Å². The van der Waals surface area contributed by atoms with E-state index in [1.165, 1.54) is 24.5 Å². The summed E-state index contributed by atoms with van der Waals surface area (Å²) in [4.78, 5) is 47.3. The van der Waals surface area contributed by atoms with Crippen LogP contribution in [-0.4, -0.2) is 89.4 Å². The molecule has 2 saturated heterocycles. The van der Waals surface area contributed by atoms with E-state index in [2.05, 4.69) is 20.4 Å². The van der Waals surface area contributed by atoms with Gasteiger partial charge in [-0.3, -0.25) is 19.1 Å². The van der Waals surface area contributed by atoms with E-state index in [0.717, 1.165) is 16.7 Å². The number of halogens is 4. The van der Waals surface area contributed by atoms with E-state index in [0.29, 0.717) is 58.7 Å². The number of ether oxygens (including phenoxy) is 3. The second-order valence-corrected chi connectivity index (χ2v) is 13.1. The van der Waals surface area contributed by atoms with Gasteiger partial charge in [0.25, 0.3) is 5.56 Å². The largest absolute Gasteiger partial charge is 0.573 e. The Labute approximate surface area is 272 Å². The maximum Gasteiger partial charge on any atom is 0.573 e. The molecule has 0 unspecified atom stereocenters. The molecule has 0 radical (unpaired) electrons. The van der Waals surface area contributed by atoms with Crippen LogP contribution in [0.25, 0.3) is 16.6 Å². The number of fused-ring (bicyclic) bond motifs is 1. The summed E-state index contributed by atoms with van der Waals surface area (Å²) in [6, 6.07) is 5.64. The molecule has 6 rings (SSSR count). The Hall–Kier alpha value is -4.44. The molecule has 3 fully saturated rings. The van der Waals surface area contributed by atoms with E-state index in [1.807, 2.05) is 4.90 Å². The van der Waals surface area contributed by atoms with Crippen LogP contribution in [0.2, 0.25) is 0 Å². The zero-order chi connectivity index (χ0) is 34.4. The summed E-state index contributed by atoms with van der Waals surface area (Å²) >= 11 is 0. The number of nitrogens with one attached hydrogen (secondary N) is 2. The first kappa shape index (κ1) is 33.5. The van der Waals surface area contributed by atoms with Crippen molar-refractivity contribution in [2.24, 2.45) is 0 Å². The molecule has 48 heavy (non-hydrogen) atoms. The number of carbonyl (C=O) groups is 2. The molecule has 0 spiro atoms. The smallest absolute Gasteiger partial charge is 0.444 e. The van der Waals surface area contributed by atoms with Gasteiger partial charge < -0.3 is 29.7 Å². The maximum atomic E-state index is 15.5. The summed E-state index contributed by atoms with van der Waals surface area (Å²) in [7, 11) is 0. The van der Waals surface area contributed by atoms with Crippen molar-refractivity contribution in [1.82, 2.24) is 19.8 Å². The van der Waals surface area contributed by atoms with Crippen LogP contribution >= 0.6 is 0 Å². The van der Waals surface area contributed by atoms with E-state index >= 15 is 4.39 Å². The number of hydrogen-bond donors (Lipinski definition) is 2. The van der Waals surface area contributed by atoms with Crippen LogP contribution in [0, 0.1) is 5.82 Å². The van der Waals surface area contributed by atoms with Crippen LogP contribution in [0.15, 0.2) is 41.5 Å². The SMILES string of the molecule is CC(C)(C)OC(=O)N[C@H]1CCN(c2cc3ncn(-c4ccc(OC(F)(F)F)c(NC(=O)C5(N6CCOCC6)CC5)c4)c(=O)c3cc2F)C1. The fourth-order valence-corrected chi connectivity index (χ4v) is 6.14. The second-order valence-electron chi connectivity index (χ2n) is 13.1. The zero-order valence-corrected chi connectivity index (χ0v) is 26.7. The molecule has 3 aliphatic rings. The molecular formula is C32H36F4N6O6. The Kier molecular flexibility index (Phi) is 8.74. The van der Waals surface area contributed by atoms with Gasteiger partial charge in [0.2, 0.25) is 5.91 Å². The molecular weight excluding hydrogens is 640 g/mol. The van der Waals surface area contributed by atoms with Crippen molar-refractivity contribution in [2.75, 3.05) is 49.6 Å². The third-order valence-corrected chi connectivity index (χ3v) is 8.55. The van der Waals surface area contributed by atoms with Gasteiger partial charge in [0.1, 0.15) is 23.3 Å². The van der Waals surface area contributed by atoms with E-state index in [9.17, 15) is 27.6 Å². The fourth-order valence-electron chi connectivity index (χ4n) is 6.14. The Morgan fingerprint density at radius 2 is 1.79 bits per heavy atom. The molecule has 1 saturated carbocycles. The molecule has 2 amide bonds. The molecule has 1 aliphatic carbocycles. The lowest BCUT2D eigenvalue weighted by Gasteiger charge is -2.34. The van der Waals surface area contributed by atoms with E-state index in [1.54, 1.807) is 25.7 Å². The monoisotopic (exact) mass is 676 g/mol. The minimum Gasteiger partial charge on any atom is -0.444 e. The average Bonchev–Trinajstić information content (AvgIpc) is 3.70. The van der Waals surface area contributed by atoms with E-state index in [4.69, 9.17) is 9.47 Å². The number of morpholine rings is 1. The first-order chi connectivity index (χ1) is 22.6. The molecule has 12 nitrogen and oxygen atoms in total. The highest BCUT2D eigenvalue weighted by Crippen LogP contribution is 2.44. The third kappa shape index (κ3) is 7.18. The van der Waals surface area contributed by atoms with Crippen LogP contribution < -0.4 is 25.8 Å². The van der Waals surface area contributed by atoms with Crippen LogP contribution in [0.1, 0.15) is 40.0 Å². The number of nitrogens with zero attached hydrogens (tertiary/aromatic N) is 4. The topological polar surface area (TPSA) is 127 Å². The molecule has 1 aromatic heterocycles. The van der Waals surface area contributed by atoms with Gasteiger partial charge in [-0.15, -0.1) is 13.2 Å². The Morgan fingerprint density at radius 3 is 2.46 bits per heavy atom. The van der Waals surface area contributed by atoms with Gasteiger partial charge in [0.15, 0.2) is 5.75 Å². The number of aromatic nitrogens is 2. The summed E-state index contributed by atoms with van der Waals surface area (Å²) in [5.41, 5.74) is -2.02. The van der Waals surface area contributed by atoms with Crippen molar-refractivity contribution in [1.29, 1.82) is 0 Å². The molecule has 1 atom stereocenters.